The van der Waals surface area contributed by atoms with Crippen LogP contribution in [-0.4, -0.2) is 79.3 Å². The van der Waals surface area contributed by atoms with Crippen LogP contribution in [0.15, 0.2) is 30.6 Å². The highest BCUT2D eigenvalue weighted by Crippen LogP contribution is 2.32. The minimum atomic E-state index is -5.08. The van der Waals surface area contributed by atoms with Crippen LogP contribution in [0.3, 0.4) is 0 Å². The second kappa shape index (κ2) is 13.3. The lowest BCUT2D eigenvalue weighted by molar-refractivity contribution is -0.193. The molecule has 4 aromatic rings. The van der Waals surface area contributed by atoms with Gasteiger partial charge in [-0.05, 0) is 32.9 Å². The van der Waals surface area contributed by atoms with Crippen LogP contribution in [0.25, 0.3) is 16.6 Å². The third kappa shape index (κ3) is 8.72. The van der Waals surface area contributed by atoms with E-state index in [1.54, 1.807) is 16.8 Å². The summed E-state index contributed by atoms with van der Waals surface area (Å²) in [7, 11) is 0. The summed E-state index contributed by atoms with van der Waals surface area (Å²) in [5.74, 6) is -5.46. The van der Waals surface area contributed by atoms with Gasteiger partial charge in [0.05, 0.1) is 27.8 Å². The van der Waals surface area contributed by atoms with Crippen molar-refractivity contribution >= 4 is 45.7 Å². The average Bonchev–Trinajstić information content (AvgIpc) is 3.50. The molecule has 0 saturated carbocycles. The van der Waals surface area contributed by atoms with Crippen LogP contribution >= 0.6 is 0 Å². The lowest BCUT2D eigenvalue weighted by Gasteiger charge is -2.37. The number of hydrogen-bond acceptors (Lipinski definition) is 8. The second-order valence-corrected chi connectivity index (χ2v) is 9.89. The van der Waals surface area contributed by atoms with Crippen LogP contribution in [-0.2, 0) is 9.59 Å². The lowest BCUT2D eigenvalue weighted by Crippen LogP contribution is -2.54. The van der Waals surface area contributed by atoms with Crippen molar-refractivity contribution in [2.24, 2.45) is 0 Å². The Morgan fingerprint density at radius 2 is 1.58 bits per heavy atom. The van der Waals surface area contributed by atoms with Crippen LogP contribution in [0.2, 0.25) is 0 Å². The van der Waals surface area contributed by atoms with Crippen molar-refractivity contribution < 1.29 is 50.5 Å². The summed E-state index contributed by atoms with van der Waals surface area (Å²) in [5.41, 5.74) is 3.79. The normalized spacial score (nSPS) is 16.7. The predicted octanol–water partition coefficient (Wildman–Crippen LogP) is 4.73. The number of imidazole rings is 1. The van der Waals surface area contributed by atoms with Crippen molar-refractivity contribution in [3.8, 4) is 6.07 Å². The van der Waals surface area contributed by atoms with E-state index in [4.69, 9.17) is 19.8 Å². The van der Waals surface area contributed by atoms with Gasteiger partial charge in [0.25, 0.3) is 0 Å². The largest absolute Gasteiger partial charge is 0.490 e. The first-order valence-electron chi connectivity index (χ1n) is 12.8. The van der Waals surface area contributed by atoms with Crippen LogP contribution in [0.1, 0.15) is 25.1 Å². The van der Waals surface area contributed by atoms with Gasteiger partial charge in [-0.15, -0.1) is 0 Å². The number of halogens is 7. The molecule has 1 saturated heterocycles. The molecule has 242 valence electrons. The summed E-state index contributed by atoms with van der Waals surface area (Å²) in [4.78, 5) is 24.3. The topological polar surface area (TPSA) is 172 Å². The van der Waals surface area contributed by atoms with Crippen molar-refractivity contribution in [3.63, 3.8) is 0 Å². The van der Waals surface area contributed by atoms with Crippen LogP contribution in [0.4, 0.5) is 47.9 Å². The molecule has 1 aliphatic heterocycles. The molecule has 4 heterocycles. The summed E-state index contributed by atoms with van der Waals surface area (Å²) < 4.78 is 79.6. The number of fused-ring (bicyclic) bond motifs is 2. The highest BCUT2D eigenvalue weighted by atomic mass is 19.4. The first-order valence-corrected chi connectivity index (χ1v) is 12.8. The number of H-pyrrole nitrogens is 1. The molecule has 12 nitrogen and oxygen atoms in total. The van der Waals surface area contributed by atoms with Crippen molar-refractivity contribution in [2.75, 3.05) is 23.3 Å². The summed E-state index contributed by atoms with van der Waals surface area (Å²) in [6.45, 7) is 7.86. The highest BCUT2D eigenvalue weighted by molar-refractivity contribution is 5.98. The number of aryl methyl sites for hydroxylation is 1. The number of carbonyl (C=O) groups is 2. The number of carboxylic acids is 2. The zero-order chi connectivity index (χ0) is 33.9. The summed E-state index contributed by atoms with van der Waals surface area (Å²) in [6.07, 6.45) is -6.66. The average molecular weight is 647 g/mol. The number of hydrogen-bond donors (Lipinski definition) is 5. The molecule has 1 aromatic carbocycles. The molecule has 0 spiro atoms. The molecular formula is C26H25F7N8O4. The van der Waals surface area contributed by atoms with Crippen molar-refractivity contribution in [1.82, 2.24) is 24.9 Å². The molecule has 0 amide bonds. The minimum absolute atomic E-state index is 0.275. The number of piperazine rings is 1. The van der Waals surface area contributed by atoms with Gasteiger partial charge in [-0.1, -0.05) is 0 Å². The van der Waals surface area contributed by atoms with E-state index in [2.05, 4.69) is 50.6 Å². The Labute approximate surface area is 249 Å². The molecule has 1 aliphatic rings. The standard InChI is InChI=1S/C22H23FN8.2C2HF3O2/c1-12-8-30(9-13(2)25-12)17-4-15(7-24)20-19(6-17)28-29-21(20)27-16-5-18(23)22-26-14(3)10-31(22)11-16;2*3-2(4,5)1(6)7/h4-6,10-13,25H,8-9H2,1-3H3,(H2,27,28,29);2*(H,6,7)/t12-,13-;;/m0../s1. The van der Waals surface area contributed by atoms with Gasteiger partial charge >= 0.3 is 24.3 Å². The molecule has 3 aromatic heterocycles. The Morgan fingerprint density at radius 1 is 1.02 bits per heavy atom. The number of aliphatic carboxylic acids is 2. The zero-order valence-corrected chi connectivity index (χ0v) is 23.5. The van der Waals surface area contributed by atoms with Crippen LogP contribution in [0, 0.1) is 24.1 Å². The predicted molar refractivity (Wildman–Crippen MR) is 146 cm³/mol. The van der Waals surface area contributed by atoms with Gasteiger partial charge in [-0.3, -0.25) is 5.10 Å². The number of alkyl halides is 6. The molecule has 0 bridgehead atoms. The number of pyridine rings is 1. The fourth-order valence-corrected chi connectivity index (χ4v) is 4.43. The lowest BCUT2D eigenvalue weighted by atomic mass is 10.1. The summed E-state index contributed by atoms with van der Waals surface area (Å²) in [6, 6.07) is 8.32. The van der Waals surface area contributed by atoms with Gasteiger partial charge < -0.3 is 30.1 Å². The molecule has 19 heteroatoms. The van der Waals surface area contributed by atoms with Gasteiger partial charge in [0, 0.05) is 49.3 Å². The number of benzene rings is 1. The molecule has 0 aliphatic carbocycles. The number of carboxylic acid groups (broad SMARTS) is 2. The zero-order valence-electron chi connectivity index (χ0n) is 23.5. The first kappa shape index (κ1) is 34.4. The van der Waals surface area contributed by atoms with Crippen LogP contribution < -0.4 is 15.5 Å². The van der Waals surface area contributed by atoms with E-state index in [0.717, 1.165) is 30.0 Å². The summed E-state index contributed by atoms with van der Waals surface area (Å²) in [5, 5.41) is 38.8. The Bertz CT molecular complexity index is 1710. The van der Waals surface area contributed by atoms with Gasteiger partial charge in [-0.2, -0.15) is 36.7 Å². The third-order valence-electron chi connectivity index (χ3n) is 6.07. The SMILES string of the molecule is Cc1cn2cc(Nc3n[nH]c4cc(N5C[C@H](C)N[C@@H](C)C5)cc(C#N)c34)cc(F)c2n1.O=C(O)C(F)(F)F.O=C(O)C(F)(F)F. The van der Waals surface area contributed by atoms with E-state index in [1.165, 1.54) is 6.07 Å². The number of anilines is 3. The highest BCUT2D eigenvalue weighted by Gasteiger charge is 2.38. The summed E-state index contributed by atoms with van der Waals surface area (Å²) >= 11 is 0. The number of nitriles is 1. The molecule has 45 heavy (non-hydrogen) atoms. The molecule has 1 fully saturated rings. The maximum Gasteiger partial charge on any atom is 0.490 e. The Morgan fingerprint density at radius 3 is 2.09 bits per heavy atom. The van der Waals surface area contributed by atoms with E-state index in [0.29, 0.717) is 34.5 Å². The molecule has 0 unspecified atom stereocenters. The minimum Gasteiger partial charge on any atom is -0.475 e. The first-order chi connectivity index (χ1) is 20.8. The quantitative estimate of drug-likeness (QED) is 0.196. The van der Waals surface area contributed by atoms with Gasteiger partial charge in [0.15, 0.2) is 17.3 Å². The maximum absolute atomic E-state index is 14.5. The third-order valence-corrected chi connectivity index (χ3v) is 6.07. The molecule has 5 N–H and O–H groups in total. The molecule has 2 atom stereocenters. The van der Waals surface area contributed by atoms with Gasteiger partial charge in [-0.25, -0.2) is 19.0 Å². The Hall–Kier alpha value is -5.12. The van der Waals surface area contributed by atoms with Crippen LogP contribution in [0.5, 0.6) is 0 Å². The van der Waals surface area contributed by atoms with Gasteiger partial charge in [0.2, 0.25) is 0 Å². The van der Waals surface area contributed by atoms with E-state index in [-0.39, 0.29) is 5.65 Å². The number of nitrogens with zero attached hydrogens (tertiary/aromatic N) is 5. The number of aromatic nitrogens is 4. The molecule has 5 rings (SSSR count). The van der Waals surface area contributed by atoms with Crippen molar-refractivity contribution in [1.29, 1.82) is 5.26 Å². The van der Waals surface area contributed by atoms with E-state index < -0.39 is 30.1 Å². The van der Waals surface area contributed by atoms with E-state index in [9.17, 15) is 36.0 Å². The molecule has 0 radical (unpaired) electrons. The van der Waals surface area contributed by atoms with Crippen molar-refractivity contribution in [2.45, 2.75) is 45.2 Å². The monoisotopic (exact) mass is 646 g/mol. The Kier molecular flexibility index (Phi) is 10.1. The van der Waals surface area contributed by atoms with E-state index >= 15 is 0 Å². The number of nitrogens with one attached hydrogen (secondary N) is 3. The second-order valence-electron chi connectivity index (χ2n) is 9.89. The van der Waals surface area contributed by atoms with Crippen molar-refractivity contribution in [3.05, 3.63) is 47.7 Å². The Balaban J connectivity index is 0.000000331. The van der Waals surface area contributed by atoms with E-state index in [1.807, 2.05) is 19.1 Å². The fourth-order valence-electron chi connectivity index (χ4n) is 4.43. The fraction of sp³-hybridized carbons (Fsp3) is 0.346. The smallest absolute Gasteiger partial charge is 0.475 e. The number of aromatic amines is 1. The van der Waals surface area contributed by atoms with Gasteiger partial charge in [0.1, 0.15) is 6.07 Å². The maximum atomic E-state index is 14.5. The molecular weight excluding hydrogens is 621 g/mol. The number of rotatable bonds is 3.